The Labute approximate surface area is 186 Å². The number of carbonyl (C=O) groups is 2. The third kappa shape index (κ3) is 6.80. The first-order chi connectivity index (χ1) is 15.3. The van der Waals surface area contributed by atoms with Gasteiger partial charge in [-0.05, 0) is 45.4 Å². The van der Waals surface area contributed by atoms with Crippen molar-refractivity contribution in [2.75, 3.05) is 6.61 Å². The smallest absolute Gasteiger partial charge is 0.408 e. The van der Waals surface area contributed by atoms with Gasteiger partial charge in [-0.25, -0.2) is 22.8 Å². The maximum absolute atomic E-state index is 13.9. The third-order valence-corrected chi connectivity index (χ3v) is 4.02. The number of alkyl carbamates (subject to hydrolysis) is 1. The molecule has 6 nitrogen and oxygen atoms in total. The van der Waals surface area contributed by atoms with Gasteiger partial charge in [0.1, 0.15) is 17.4 Å². The molecule has 0 aliphatic carbocycles. The summed E-state index contributed by atoms with van der Waals surface area (Å²) in [7, 11) is 0. The molecule has 0 unspecified atom stereocenters. The zero-order valence-electron chi connectivity index (χ0n) is 18.2. The van der Waals surface area contributed by atoms with E-state index in [0.29, 0.717) is 17.9 Å². The fourth-order valence-corrected chi connectivity index (χ4v) is 2.61. The minimum atomic E-state index is -2.40. The number of amides is 1. The number of hydrogen-bond donors (Lipinski definition) is 1. The number of carbonyl (C=O) groups excluding carboxylic acids is 2. The van der Waals surface area contributed by atoms with Crippen molar-refractivity contribution >= 4 is 12.1 Å². The molecule has 0 heterocycles. The second kappa shape index (κ2) is 10.5. The van der Waals surface area contributed by atoms with Gasteiger partial charge in [0.15, 0.2) is 0 Å². The van der Waals surface area contributed by atoms with Crippen molar-refractivity contribution in [3.05, 3.63) is 58.9 Å². The molecule has 2 aromatic rings. The summed E-state index contributed by atoms with van der Waals surface area (Å²) in [5, 5.41) is 2.19. The molecule has 0 saturated heterocycles. The Morgan fingerprint density at radius 2 is 1.42 bits per heavy atom. The Bertz CT molecular complexity index is 992. The average molecular weight is 475 g/mol. The molecule has 0 aromatic heterocycles. The molecule has 0 bridgehead atoms. The molecule has 180 valence electrons. The Morgan fingerprint density at radius 1 is 0.909 bits per heavy atom. The van der Waals surface area contributed by atoms with Crippen LogP contribution in [0, 0.1) is 29.1 Å². The quantitative estimate of drug-likeness (QED) is 0.204. The Hall–Kier alpha value is -3.37. The fourth-order valence-electron chi connectivity index (χ4n) is 2.61. The molecule has 2 aromatic carbocycles. The monoisotopic (exact) mass is 475 g/mol. The van der Waals surface area contributed by atoms with Crippen LogP contribution in [0.3, 0.4) is 0 Å². The first-order valence-corrected chi connectivity index (χ1v) is 9.78. The Kier molecular flexibility index (Phi) is 8.23. The van der Waals surface area contributed by atoms with Crippen molar-refractivity contribution in [3.63, 3.8) is 0 Å². The van der Waals surface area contributed by atoms with Crippen LogP contribution in [0.2, 0.25) is 0 Å². The van der Waals surface area contributed by atoms with Gasteiger partial charge in [-0.3, -0.25) is 0 Å². The van der Waals surface area contributed by atoms with Crippen molar-refractivity contribution in [3.8, 4) is 11.5 Å². The standard InChI is InChI=1S/C22H22F5NO5/c1-5-31-12-8-6-11(7-9-12)10-13(28-21(30)33-22(2,3)4)20(29)32-19-17(26)15(24)14(23)16(25)18(19)27/h6-9,13H,5,10H2,1-4H3,(H,28,30)/t13-/m1/s1. The van der Waals surface area contributed by atoms with Gasteiger partial charge in [-0.2, -0.15) is 8.78 Å². The van der Waals surface area contributed by atoms with Crippen LogP contribution in [0.5, 0.6) is 11.5 Å². The Morgan fingerprint density at radius 3 is 1.91 bits per heavy atom. The normalized spacial score (nSPS) is 12.2. The molecule has 0 aliphatic heterocycles. The van der Waals surface area contributed by atoms with Gasteiger partial charge < -0.3 is 19.5 Å². The van der Waals surface area contributed by atoms with Crippen molar-refractivity contribution in [1.29, 1.82) is 0 Å². The van der Waals surface area contributed by atoms with Gasteiger partial charge in [0.05, 0.1) is 6.61 Å². The van der Waals surface area contributed by atoms with Crippen LogP contribution >= 0.6 is 0 Å². The summed E-state index contributed by atoms with van der Waals surface area (Å²) in [5.74, 6) is -14.3. The van der Waals surface area contributed by atoms with E-state index in [9.17, 15) is 31.5 Å². The van der Waals surface area contributed by atoms with Crippen LogP contribution in [0.4, 0.5) is 26.7 Å². The largest absolute Gasteiger partial charge is 0.494 e. The lowest BCUT2D eigenvalue weighted by molar-refractivity contribution is -0.137. The van der Waals surface area contributed by atoms with E-state index in [1.54, 1.807) is 52.0 Å². The molecular formula is C22H22F5NO5. The zero-order chi connectivity index (χ0) is 24.9. The first kappa shape index (κ1) is 25.9. The minimum absolute atomic E-state index is 0.250. The topological polar surface area (TPSA) is 73.9 Å². The van der Waals surface area contributed by atoms with E-state index in [0.717, 1.165) is 0 Å². The van der Waals surface area contributed by atoms with Crippen LogP contribution in [-0.4, -0.2) is 30.3 Å². The minimum Gasteiger partial charge on any atom is -0.494 e. The summed E-state index contributed by atoms with van der Waals surface area (Å²) in [5.41, 5.74) is -0.479. The van der Waals surface area contributed by atoms with Crippen LogP contribution in [-0.2, 0) is 16.0 Å². The van der Waals surface area contributed by atoms with Crippen molar-refractivity contribution in [1.82, 2.24) is 5.32 Å². The maximum atomic E-state index is 13.9. The highest BCUT2D eigenvalue weighted by atomic mass is 19.2. The lowest BCUT2D eigenvalue weighted by Gasteiger charge is -2.23. The van der Waals surface area contributed by atoms with Gasteiger partial charge in [-0.1, -0.05) is 12.1 Å². The third-order valence-electron chi connectivity index (χ3n) is 4.02. The second-order valence-corrected chi connectivity index (χ2v) is 7.80. The number of hydrogen-bond acceptors (Lipinski definition) is 5. The molecule has 33 heavy (non-hydrogen) atoms. The number of nitrogens with one attached hydrogen (secondary N) is 1. The summed E-state index contributed by atoms with van der Waals surface area (Å²) in [6.07, 6.45) is -1.31. The second-order valence-electron chi connectivity index (χ2n) is 7.80. The van der Waals surface area contributed by atoms with E-state index in [4.69, 9.17) is 9.47 Å². The van der Waals surface area contributed by atoms with E-state index in [1.807, 2.05) is 0 Å². The van der Waals surface area contributed by atoms with Gasteiger partial charge in [0.2, 0.25) is 34.8 Å². The van der Waals surface area contributed by atoms with E-state index in [1.165, 1.54) is 0 Å². The van der Waals surface area contributed by atoms with Gasteiger partial charge >= 0.3 is 12.1 Å². The highest BCUT2D eigenvalue weighted by Gasteiger charge is 2.32. The first-order valence-electron chi connectivity index (χ1n) is 9.78. The van der Waals surface area contributed by atoms with Gasteiger partial charge in [0, 0.05) is 6.42 Å². The molecule has 0 spiro atoms. The summed E-state index contributed by atoms with van der Waals surface area (Å²) < 4.78 is 82.9. The molecule has 1 atom stereocenters. The predicted molar refractivity (Wildman–Crippen MR) is 106 cm³/mol. The maximum Gasteiger partial charge on any atom is 0.408 e. The fraction of sp³-hybridized carbons (Fsp3) is 0.364. The molecule has 2 rings (SSSR count). The molecule has 0 fully saturated rings. The number of rotatable bonds is 7. The number of halogens is 5. The molecule has 0 aliphatic rings. The summed E-state index contributed by atoms with van der Waals surface area (Å²) >= 11 is 0. The number of esters is 1. The molecule has 0 radical (unpaired) electrons. The van der Waals surface area contributed by atoms with Crippen LogP contribution in [0.25, 0.3) is 0 Å². The summed E-state index contributed by atoms with van der Waals surface area (Å²) in [4.78, 5) is 24.8. The van der Waals surface area contributed by atoms with Crippen molar-refractivity contribution in [2.45, 2.75) is 45.8 Å². The number of benzene rings is 2. The molecule has 1 N–H and O–H groups in total. The van der Waals surface area contributed by atoms with E-state index >= 15 is 0 Å². The molecular weight excluding hydrogens is 453 g/mol. The molecule has 1 amide bonds. The van der Waals surface area contributed by atoms with E-state index in [2.05, 4.69) is 10.1 Å². The average Bonchev–Trinajstić information content (AvgIpc) is 2.73. The summed E-state index contributed by atoms with van der Waals surface area (Å²) in [6.45, 7) is 6.87. The van der Waals surface area contributed by atoms with E-state index in [-0.39, 0.29) is 6.42 Å². The summed E-state index contributed by atoms with van der Waals surface area (Å²) in [6, 6.07) is 4.69. The zero-order valence-corrected chi connectivity index (χ0v) is 18.2. The molecule has 0 saturated carbocycles. The molecule has 11 heteroatoms. The highest BCUT2D eigenvalue weighted by molar-refractivity contribution is 5.83. The lowest BCUT2D eigenvalue weighted by Crippen LogP contribution is -2.46. The predicted octanol–water partition coefficient (Wildman–Crippen LogP) is 4.82. The van der Waals surface area contributed by atoms with E-state index < -0.39 is 58.5 Å². The highest BCUT2D eigenvalue weighted by Crippen LogP contribution is 2.29. The van der Waals surface area contributed by atoms with Crippen LogP contribution in [0.1, 0.15) is 33.3 Å². The van der Waals surface area contributed by atoms with Gasteiger partial charge in [-0.15, -0.1) is 0 Å². The lowest BCUT2D eigenvalue weighted by atomic mass is 10.1. The number of ether oxygens (including phenoxy) is 3. The van der Waals surface area contributed by atoms with Crippen LogP contribution in [0.15, 0.2) is 24.3 Å². The Balaban J connectivity index is 2.32. The van der Waals surface area contributed by atoms with Crippen molar-refractivity contribution in [2.24, 2.45) is 0 Å². The van der Waals surface area contributed by atoms with Crippen molar-refractivity contribution < 1.29 is 45.8 Å². The van der Waals surface area contributed by atoms with Crippen LogP contribution < -0.4 is 14.8 Å². The van der Waals surface area contributed by atoms with Gasteiger partial charge in [0.25, 0.3) is 0 Å². The SMILES string of the molecule is CCOc1ccc(C[C@@H](NC(=O)OC(C)(C)C)C(=O)Oc2c(F)c(F)c(F)c(F)c2F)cc1.